The first-order chi connectivity index (χ1) is 4.88. The first-order valence-electron chi connectivity index (χ1n) is 4.19. The molecule has 0 aromatic heterocycles. The maximum absolute atomic E-state index is 3.36. The van der Waals surface area contributed by atoms with Crippen LogP contribution in [0.15, 0.2) is 17.2 Å². The number of hydrogen-bond donors (Lipinski definition) is 0. The van der Waals surface area contributed by atoms with Gasteiger partial charge in [0, 0.05) is 0 Å². The molecule has 0 N–H and O–H groups in total. The molecule has 1 unspecified atom stereocenters. The van der Waals surface area contributed by atoms with Crippen LogP contribution in [0.3, 0.4) is 0 Å². The molecule has 0 nitrogen and oxygen atoms in total. The van der Waals surface area contributed by atoms with Crippen LogP contribution in [0.25, 0.3) is 0 Å². The molecular formula is C10H13Cl3Ti. The maximum atomic E-state index is 3.36. The van der Waals surface area contributed by atoms with Crippen LogP contribution in [0.1, 0.15) is 32.6 Å². The molecule has 4 heteroatoms. The van der Waals surface area contributed by atoms with Crippen LogP contribution in [-0.2, 0) is 21.7 Å². The van der Waals surface area contributed by atoms with Gasteiger partial charge in [-0.2, -0.15) is 11.1 Å². The minimum absolute atomic E-state index is 0. The zero-order chi connectivity index (χ0) is 6.97. The number of allylic oxidation sites excluding steroid dienone is 4. The normalized spacial score (nSPS) is 22.2. The average Bonchev–Trinajstić information content (AvgIpc) is 2.34. The fraction of sp³-hybridized carbons (Fsp3) is 0.600. The van der Waals surface area contributed by atoms with Crippen LogP contribution < -0.4 is 37.2 Å². The third-order valence-corrected chi connectivity index (χ3v) is 2.58. The Bertz CT molecular complexity index is 211. The standard InChI is InChI=1S/C10H13.3ClH.Ti/c1-8-6-7-9-4-2-3-5-10(8)9;;;;/h7-8H,2-5H2,1H3;3*1H;/q-1;;;;+4/p-3. The molecule has 14 heavy (non-hydrogen) atoms. The fourth-order valence-corrected chi connectivity index (χ4v) is 1.94. The molecule has 0 saturated heterocycles. The van der Waals surface area contributed by atoms with Gasteiger partial charge in [-0.1, -0.05) is 32.1 Å². The Labute approximate surface area is 120 Å². The molecule has 78 valence electrons. The topological polar surface area (TPSA) is 0 Å². The van der Waals surface area contributed by atoms with Gasteiger partial charge >= 0.3 is 21.7 Å². The predicted octanol–water partition coefficient (Wildman–Crippen LogP) is -6.12. The van der Waals surface area contributed by atoms with Crippen molar-refractivity contribution in [2.45, 2.75) is 32.6 Å². The van der Waals surface area contributed by atoms with Crippen molar-refractivity contribution in [1.29, 1.82) is 0 Å². The van der Waals surface area contributed by atoms with Gasteiger partial charge < -0.3 is 37.2 Å². The van der Waals surface area contributed by atoms with E-state index in [4.69, 9.17) is 0 Å². The summed E-state index contributed by atoms with van der Waals surface area (Å²) in [7, 11) is 0. The molecule has 2 aliphatic rings. The van der Waals surface area contributed by atoms with Crippen molar-refractivity contribution in [2.24, 2.45) is 5.92 Å². The van der Waals surface area contributed by atoms with Crippen LogP contribution in [0.2, 0.25) is 0 Å². The van der Waals surface area contributed by atoms with Crippen molar-refractivity contribution in [3.05, 3.63) is 23.3 Å². The Morgan fingerprint density at radius 1 is 1.14 bits per heavy atom. The molecule has 0 aliphatic heterocycles. The second-order valence-corrected chi connectivity index (χ2v) is 3.29. The first-order valence-corrected chi connectivity index (χ1v) is 4.19. The van der Waals surface area contributed by atoms with Gasteiger partial charge in [-0.25, -0.2) is 6.08 Å². The van der Waals surface area contributed by atoms with E-state index in [0.717, 1.165) is 0 Å². The summed E-state index contributed by atoms with van der Waals surface area (Å²) in [4.78, 5) is 0. The van der Waals surface area contributed by atoms with E-state index in [1.54, 1.807) is 11.1 Å². The predicted molar refractivity (Wildman–Crippen MR) is 42.5 cm³/mol. The van der Waals surface area contributed by atoms with E-state index in [-0.39, 0.29) is 58.9 Å². The third kappa shape index (κ3) is 4.29. The number of rotatable bonds is 0. The molecular weight excluding hydrogens is 274 g/mol. The van der Waals surface area contributed by atoms with Crippen LogP contribution in [-0.4, -0.2) is 0 Å². The van der Waals surface area contributed by atoms with Gasteiger partial charge in [0.25, 0.3) is 0 Å². The van der Waals surface area contributed by atoms with Crippen LogP contribution in [0.5, 0.6) is 0 Å². The van der Waals surface area contributed by atoms with Gasteiger partial charge in [0.05, 0.1) is 0 Å². The summed E-state index contributed by atoms with van der Waals surface area (Å²) in [6, 6.07) is 0. The molecule has 0 radical (unpaired) electrons. The minimum atomic E-state index is 0. The summed E-state index contributed by atoms with van der Waals surface area (Å²) in [6.45, 7) is 2.25. The minimum Gasteiger partial charge on any atom is -1.00 e. The van der Waals surface area contributed by atoms with Gasteiger partial charge in [-0.3, -0.25) is 6.08 Å². The number of halogens is 3. The maximum Gasteiger partial charge on any atom is 4.00 e. The zero-order valence-corrected chi connectivity index (χ0v) is 11.9. The average molecular weight is 287 g/mol. The van der Waals surface area contributed by atoms with Gasteiger partial charge in [0.15, 0.2) is 0 Å². The quantitative estimate of drug-likeness (QED) is 0.307. The summed E-state index contributed by atoms with van der Waals surface area (Å²) in [5.74, 6) is 0.635. The molecule has 2 rings (SSSR count). The second-order valence-electron chi connectivity index (χ2n) is 3.29. The van der Waals surface area contributed by atoms with Crippen LogP contribution in [0.4, 0.5) is 0 Å². The summed E-state index contributed by atoms with van der Waals surface area (Å²) in [5.41, 5.74) is 3.27. The first kappa shape index (κ1) is 20.5. The molecule has 0 bridgehead atoms. The largest absolute Gasteiger partial charge is 4.00 e. The molecule has 0 heterocycles. The molecule has 0 aromatic carbocycles. The molecule has 0 spiro atoms. The summed E-state index contributed by atoms with van der Waals surface area (Å²) >= 11 is 0. The Morgan fingerprint density at radius 2 is 1.71 bits per heavy atom. The molecule has 0 amide bonds. The van der Waals surface area contributed by atoms with Crippen molar-refractivity contribution in [3.8, 4) is 0 Å². The Balaban J connectivity index is -0.000000302. The SMILES string of the molecule is CC1[C-]=CC2=C1CCCC2.[Cl-].[Cl-].[Cl-].[Ti+4]. The van der Waals surface area contributed by atoms with Crippen molar-refractivity contribution >= 4 is 0 Å². The summed E-state index contributed by atoms with van der Waals surface area (Å²) in [6.07, 6.45) is 11.0. The van der Waals surface area contributed by atoms with E-state index in [9.17, 15) is 0 Å². The zero-order valence-electron chi connectivity index (χ0n) is 8.12. The van der Waals surface area contributed by atoms with Gasteiger partial charge in [0.2, 0.25) is 0 Å². The van der Waals surface area contributed by atoms with Gasteiger partial charge in [0.1, 0.15) is 0 Å². The third-order valence-electron chi connectivity index (χ3n) is 2.58. The van der Waals surface area contributed by atoms with E-state index < -0.39 is 0 Å². The molecule has 0 saturated carbocycles. The van der Waals surface area contributed by atoms with Crippen molar-refractivity contribution in [2.75, 3.05) is 0 Å². The smallest absolute Gasteiger partial charge is 1.00 e. The molecule has 0 fully saturated rings. The number of hydrogen-bond acceptors (Lipinski definition) is 0. The summed E-state index contributed by atoms with van der Waals surface area (Å²) in [5, 5.41) is 0. The second kappa shape index (κ2) is 9.30. The Morgan fingerprint density at radius 3 is 2.29 bits per heavy atom. The van der Waals surface area contributed by atoms with Crippen molar-refractivity contribution in [3.63, 3.8) is 0 Å². The monoisotopic (exact) mass is 286 g/mol. The molecule has 0 aromatic rings. The van der Waals surface area contributed by atoms with Gasteiger partial charge in [-0.05, 0) is 6.42 Å². The van der Waals surface area contributed by atoms with E-state index in [1.807, 2.05) is 0 Å². The van der Waals surface area contributed by atoms with E-state index in [1.165, 1.54) is 25.7 Å². The van der Waals surface area contributed by atoms with E-state index >= 15 is 0 Å². The Hall–Kier alpha value is 1.06. The summed E-state index contributed by atoms with van der Waals surface area (Å²) < 4.78 is 0. The van der Waals surface area contributed by atoms with Gasteiger partial charge in [-0.15, -0.1) is 0 Å². The van der Waals surface area contributed by atoms with Crippen LogP contribution >= 0.6 is 0 Å². The van der Waals surface area contributed by atoms with Crippen molar-refractivity contribution < 1.29 is 58.9 Å². The Kier molecular flexibility index (Phi) is 13.6. The van der Waals surface area contributed by atoms with E-state index in [0.29, 0.717) is 5.92 Å². The fourth-order valence-electron chi connectivity index (χ4n) is 1.94. The molecule has 2 aliphatic carbocycles. The van der Waals surface area contributed by atoms with Crippen LogP contribution in [0, 0.1) is 12.0 Å². The van der Waals surface area contributed by atoms with E-state index in [2.05, 4.69) is 19.1 Å². The molecule has 1 atom stereocenters. The van der Waals surface area contributed by atoms with Crippen molar-refractivity contribution in [1.82, 2.24) is 0 Å².